The molecule has 18 atom stereocenters. The number of carbonyl (C=O) groups is 8. The molecule has 4 unspecified atom stereocenters. The number of carbonyl (C=O) groups excluding carboxylic acids is 8. The largest absolute Gasteiger partial charge is 0.457 e. The number of aliphatic hydroxyl groups excluding tert-OH is 2. The molecule has 8 aliphatic rings. The highest BCUT2D eigenvalue weighted by Crippen LogP contribution is 2.74. The standard InChI is InChI=1S/C35H39F3O8S.C35H40F2O9S/c1-20-15-22-23-17-25(36)24-16-21(39)10-11-32(24,4)34(23,38)27(40)18-33(22,5)35(20,46-29(42)26-9-8-13-44-26)30(43)47-14-7-6-12-45-28(41)19-31(2,3)37;1-20-15-22-23-17-25(36)24-16-21(38)10-11-32(24,4)34(23,37)27(39)18-33(22,5)35(20,46-29(41)26-9-8-13-44-26)30(42)47-14-7-6-12-45-28(40)19-31(2,3)43/h8-11,13,16,20,22-23,25,27,40H,12,14-15,17-19H2,1-5H3;8-11,13,16,20,22-23,25,27,39,43H,12,14-15,17-19H2,1-5H3/t2*20-,22?,23?,25+,27+,32+,33+,34+,35+/m11/s1. The van der Waals surface area contributed by atoms with Crippen LogP contribution in [0.1, 0.15) is 142 Å². The number of esters is 4. The lowest BCUT2D eigenvalue weighted by atomic mass is 9.44. The lowest BCUT2D eigenvalue weighted by molar-refractivity contribution is -0.221. The summed E-state index contributed by atoms with van der Waals surface area (Å²) in [6.07, 6.45) is 1.65. The molecular weight excluding hydrogens is 1270 g/mol. The van der Waals surface area contributed by atoms with Gasteiger partial charge in [0.25, 0.3) is 0 Å². The van der Waals surface area contributed by atoms with Gasteiger partial charge in [0.1, 0.15) is 18.0 Å². The van der Waals surface area contributed by atoms with Gasteiger partial charge in [-0.1, -0.05) is 87.1 Å². The Kier molecular flexibility index (Phi) is 19.9. The number of halogens is 5. The van der Waals surface area contributed by atoms with Crippen molar-refractivity contribution in [1.29, 1.82) is 0 Å². The number of alkyl halides is 5. The summed E-state index contributed by atoms with van der Waals surface area (Å²) in [5.41, 5.74) is -17.4. The van der Waals surface area contributed by atoms with Crippen molar-refractivity contribution in [2.24, 2.45) is 57.2 Å². The number of ether oxygens (including phenoxy) is 4. The molecule has 0 amide bonds. The van der Waals surface area contributed by atoms with Crippen LogP contribution >= 0.6 is 23.5 Å². The van der Waals surface area contributed by atoms with Crippen LogP contribution in [0.15, 0.2) is 93.2 Å². The maximum absolute atomic E-state index is 17.7. The molecule has 2 aromatic heterocycles. The molecule has 94 heavy (non-hydrogen) atoms. The van der Waals surface area contributed by atoms with Crippen LogP contribution in [-0.2, 0) is 47.7 Å². The van der Waals surface area contributed by atoms with Crippen LogP contribution in [0.3, 0.4) is 0 Å². The molecule has 6 saturated carbocycles. The van der Waals surface area contributed by atoms with Crippen molar-refractivity contribution >= 4 is 69.2 Å². The lowest BCUT2D eigenvalue weighted by Gasteiger charge is -2.63. The minimum absolute atomic E-state index is 0.0103. The van der Waals surface area contributed by atoms with E-state index in [1.165, 1.54) is 103 Å². The van der Waals surface area contributed by atoms with Gasteiger partial charge < -0.3 is 43.1 Å². The van der Waals surface area contributed by atoms with Gasteiger partial charge in [0, 0.05) is 45.3 Å². The summed E-state index contributed by atoms with van der Waals surface area (Å²) >= 11 is 1.54. The third-order valence-corrected chi connectivity index (χ3v) is 23.2. The number of furan rings is 2. The van der Waals surface area contributed by atoms with Gasteiger partial charge in [-0.2, -0.15) is 0 Å². The first-order chi connectivity index (χ1) is 43.8. The molecule has 508 valence electrons. The molecule has 0 spiro atoms. The molecule has 0 aromatic carbocycles. The molecule has 17 nitrogen and oxygen atoms in total. The summed E-state index contributed by atoms with van der Waals surface area (Å²) in [5.74, 6) is 1.24. The molecular formula is C70H79F5O17S2. The highest BCUT2D eigenvalue weighted by atomic mass is 32.2. The van der Waals surface area contributed by atoms with Crippen LogP contribution in [0.25, 0.3) is 0 Å². The Labute approximate surface area is 550 Å². The van der Waals surface area contributed by atoms with E-state index in [4.69, 9.17) is 27.8 Å². The van der Waals surface area contributed by atoms with E-state index in [9.17, 15) is 58.1 Å². The van der Waals surface area contributed by atoms with Crippen molar-refractivity contribution in [3.8, 4) is 23.7 Å². The van der Waals surface area contributed by atoms with E-state index < -0.39 is 168 Å². The fraction of sp³-hybridized carbons (Fsp3) is 0.600. The maximum atomic E-state index is 17.7. The van der Waals surface area contributed by atoms with E-state index in [-0.39, 0.29) is 92.3 Å². The van der Waals surface area contributed by atoms with E-state index in [1.54, 1.807) is 27.7 Å². The molecule has 6 fully saturated rings. The maximum Gasteiger partial charge on any atom is 0.375 e. The monoisotopic (exact) mass is 1350 g/mol. The number of allylic oxidation sites excluding steroid dienone is 8. The number of rotatable bonds is 14. The number of thioether (sulfide) groups is 2. The fourth-order valence-electron chi connectivity index (χ4n) is 17.3. The zero-order chi connectivity index (χ0) is 69.2. The Hall–Kier alpha value is -6.57. The van der Waals surface area contributed by atoms with Crippen LogP contribution in [0.4, 0.5) is 22.0 Å². The molecule has 10 rings (SSSR count). The van der Waals surface area contributed by atoms with Gasteiger partial charge in [-0.3, -0.25) is 28.8 Å². The zero-order valence-corrected chi connectivity index (χ0v) is 55.6. The van der Waals surface area contributed by atoms with Crippen LogP contribution in [0, 0.1) is 80.8 Å². The van der Waals surface area contributed by atoms with Crippen molar-refractivity contribution in [2.45, 2.75) is 179 Å². The third-order valence-electron chi connectivity index (χ3n) is 21.4. The second kappa shape index (κ2) is 26.1. The molecule has 8 aliphatic carbocycles. The molecule has 0 aliphatic heterocycles. The molecule has 2 aromatic rings. The average molecular weight is 1350 g/mol. The number of ketones is 2. The van der Waals surface area contributed by atoms with Crippen molar-refractivity contribution in [3.63, 3.8) is 0 Å². The van der Waals surface area contributed by atoms with Crippen molar-refractivity contribution < 1.29 is 103 Å². The number of aliphatic hydroxyl groups is 3. The van der Waals surface area contributed by atoms with Gasteiger partial charge >= 0.3 is 23.9 Å². The van der Waals surface area contributed by atoms with Crippen LogP contribution in [-0.4, -0.2) is 144 Å². The Morgan fingerprint density at radius 3 is 1.35 bits per heavy atom. The van der Waals surface area contributed by atoms with Gasteiger partial charge in [-0.05, 0) is 152 Å². The quantitative estimate of drug-likeness (QED) is 0.0687. The minimum atomic E-state index is -2.37. The SMILES string of the molecule is C[C@@H]1CC2C3C[C@H](F)C4=CC(=O)C=C[C@]4(C)[C@@]3(F)[C@@H](O)C[C@]2(C)[C@@]1(OC(=O)c1ccco1)C(=O)SCC#CCOC(=O)CC(C)(C)F.C[C@@H]1CC2C3C[C@H](F)C4=CC(=O)C=C[C@]4(C)[C@@]3(F)[C@@H](O)C[C@]2(C)[C@@]1(OC(=O)c1ccco1)C(=O)SCC#CCOC(=O)CC(C)(C)O. The Bertz CT molecular complexity index is 3370. The summed E-state index contributed by atoms with van der Waals surface area (Å²) < 4.78 is 114. The van der Waals surface area contributed by atoms with Crippen molar-refractivity contribution in [2.75, 3.05) is 24.7 Å². The summed E-state index contributed by atoms with van der Waals surface area (Å²) in [4.78, 5) is 103. The van der Waals surface area contributed by atoms with Crippen LogP contribution < -0.4 is 0 Å². The second-order valence-corrected chi connectivity index (χ2v) is 30.2. The number of hydrogen-bond donors (Lipinski definition) is 3. The number of fused-ring (bicyclic) bond motifs is 10. The molecule has 0 saturated heterocycles. The number of hydrogen-bond acceptors (Lipinski definition) is 19. The molecule has 3 N–H and O–H groups in total. The van der Waals surface area contributed by atoms with E-state index in [1.807, 2.05) is 0 Å². The Balaban J connectivity index is 0.000000221. The summed E-state index contributed by atoms with van der Waals surface area (Å²) in [6, 6.07) is 5.75. The highest BCUT2D eigenvalue weighted by molar-refractivity contribution is 8.14. The van der Waals surface area contributed by atoms with Gasteiger partial charge in [0.2, 0.25) is 21.8 Å². The Morgan fingerprint density at radius 2 is 1.00 bits per heavy atom. The second-order valence-electron chi connectivity index (χ2n) is 28.3. The van der Waals surface area contributed by atoms with E-state index in [0.29, 0.717) is 0 Å². The smallest absolute Gasteiger partial charge is 0.375 e. The van der Waals surface area contributed by atoms with E-state index >= 15 is 17.6 Å². The van der Waals surface area contributed by atoms with Gasteiger partial charge in [0.05, 0.1) is 54.7 Å². The minimum Gasteiger partial charge on any atom is -0.457 e. The van der Waals surface area contributed by atoms with Gasteiger partial charge in [-0.15, -0.1) is 0 Å². The first-order valence-electron chi connectivity index (χ1n) is 31.3. The third kappa shape index (κ3) is 12.2. The van der Waals surface area contributed by atoms with E-state index in [0.717, 1.165) is 35.7 Å². The lowest BCUT2D eigenvalue weighted by Crippen LogP contribution is -2.70. The van der Waals surface area contributed by atoms with Gasteiger partial charge in [0.15, 0.2) is 47.3 Å². The normalized spacial score (nSPS) is 37.4. The van der Waals surface area contributed by atoms with E-state index in [2.05, 4.69) is 23.7 Å². The topological polar surface area (TPSA) is 260 Å². The van der Waals surface area contributed by atoms with Crippen LogP contribution in [0.5, 0.6) is 0 Å². The summed E-state index contributed by atoms with van der Waals surface area (Å²) in [5, 5.41) is 32.1. The predicted octanol–water partition coefficient (Wildman–Crippen LogP) is 10.4. The summed E-state index contributed by atoms with van der Waals surface area (Å²) in [6.45, 7) is 14.6. The predicted molar refractivity (Wildman–Crippen MR) is 333 cm³/mol. The average Bonchev–Trinajstić information content (AvgIpc) is 1.39. The molecule has 0 bridgehead atoms. The van der Waals surface area contributed by atoms with Crippen molar-refractivity contribution in [3.05, 3.63) is 95.9 Å². The fourth-order valence-corrected chi connectivity index (χ4v) is 19.3. The molecule has 24 heteroatoms. The molecule has 2 heterocycles. The Morgan fingerprint density at radius 1 is 0.617 bits per heavy atom. The van der Waals surface area contributed by atoms with Gasteiger partial charge in [-0.25, -0.2) is 31.5 Å². The van der Waals surface area contributed by atoms with Crippen LogP contribution in [0.2, 0.25) is 0 Å². The first kappa shape index (κ1) is 71.7. The highest BCUT2D eigenvalue weighted by Gasteiger charge is 2.80. The summed E-state index contributed by atoms with van der Waals surface area (Å²) in [7, 11) is 0. The zero-order valence-electron chi connectivity index (χ0n) is 54.0. The van der Waals surface area contributed by atoms with Crippen molar-refractivity contribution in [1.82, 2.24) is 0 Å². The molecule has 0 radical (unpaired) electrons. The first-order valence-corrected chi connectivity index (χ1v) is 33.2.